The lowest BCUT2D eigenvalue weighted by Gasteiger charge is -2.38. The molecule has 1 aliphatic rings. The van der Waals surface area contributed by atoms with E-state index in [1.165, 1.54) is 0 Å². The Morgan fingerprint density at radius 1 is 1.33 bits per heavy atom. The highest BCUT2D eigenvalue weighted by atomic mass is 16.3. The quantitative estimate of drug-likeness (QED) is 0.698. The standard InChI is InChI=1S/C12H23NO2/c1-11(2,3)10(15)13-12(4)7-5-9(14)6-8-12/h9,14H,5-8H2,1-4H3,(H,13,15). The highest BCUT2D eigenvalue weighted by molar-refractivity contribution is 5.82. The minimum Gasteiger partial charge on any atom is -0.393 e. The van der Waals surface area contributed by atoms with Crippen LogP contribution in [0, 0.1) is 5.41 Å². The molecule has 2 N–H and O–H groups in total. The van der Waals surface area contributed by atoms with Crippen LogP contribution in [0.5, 0.6) is 0 Å². The maximum atomic E-state index is 11.8. The van der Waals surface area contributed by atoms with Gasteiger partial charge in [0.25, 0.3) is 0 Å². The highest BCUT2D eigenvalue weighted by Crippen LogP contribution is 2.29. The zero-order valence-electron chi connectivity index (χ0n) is 10.3. The topological polar surface area (TPSA) is 49.3 Å². The van der Waals surface area contributed by atoms with Crippen molar-refractivity contribution in [3.8, 4) is 0 Å². The SMILES string of the molecule is CC1(NC(=O)C(C)(C)C)CCC(O)CC1. The Balaban J connectivity index is 2.54. The molecule has 88 valence electrons. The Morgan fingerprint density at radius 2 is 1.80 bits per heavy atom. The van der Waals surface area contributed by atoms with E-state index in [1.54, 1.807) is 0 Å². The van der Waals surface area contributed by atoms with Crippen LogP contribution >= 0.6 is 0 Å². The molecule has 3 nitrogen and oxygen atoms in total. The van der Waals surface area contributed by atoms with Crippen LogP contribution in [-0.2, 0) is 4.79 Å². The lowest BCUT2D eigenvalue weighted by molar-refractivity contribution is -0.131. The largest absolute Gasteiger partial charge is 0.393 e. The lowest BCUT2D eigenvalue weighted by Crippen LogP contribution is -2.52. The number of aliphatic hydroxyl groups excluding tert-OH is 1. The molecule has 0 saturated heterocycles. The fourth-order valence-electron chi connectivity index (χ4n) is 1.83. The van der Waals surface area contributed by atoms with E-state index >= 15 is 0 Å². The number of aliphatic hydroxyl groups is 1. The molecular weight excluding hydrogens is 190 g/mol. The van der Waals surface area contributed by atoms with Crippen LogP contribution in [0.3, 0.4) is 0 Å². The first kappa shape index (κ1) is 12.5. The predicted molar refractivity (Wildman–Crippen MR) is 60.5 cm³/mol. The van der Waals surface area contributed by atoms with Gasteiger partial charge in [-0.05, 0) is 32.6 Å². The first-order chi connectivity index (χ1) is 6.73. The summed E-state index contributed by atoms with van der Waals surface area (Å²) in [6.45, 7) is 7.83. The van der Waals surface area contributed by atoms with Crippen molar-refractivity contribution in [1.82, 2.24) is 5.32 Å². The monoisotopic (exact) mass is 213 g/mol. The van der Waals surface area contributed by atoms with Crippen molar-refractivity contribution in [3.05, 3.63) is 0 Å². The van der Waals surface area contributed by atoms with Crippen molar-refractivity contribution in [2.24, 2.45) is 5.41 Å². The number of amides is 1. The third kappa shape index (κ3) is 3.49. The third-order valence-corrected chi connectivity index (χ3v) is 3.16. The molecule has 0 unspecified atom stereocenters. The number of carbonyl (C=O) groups excluding carboxylic acids is 1. The molecule has 0 heterocycles. The molecule has 0 spiro atoms. The molecule has 1 rings (SSSR count). The number of hydrogen-bond donors (Lipinski definition) is 2. The summed E-state index contributed by atoms with van der Waals surface area (Å²) < 4.78 is 0. The zero-order valence-corrected chi connectivity index (χ0v) is 10.3. The van der Waals surface area contributed by atoms with Gasteiger partial charge in [0, 0.05) is 11.0 Å². The average Bonchev–Trinajstić information content (AvgIpc) is 2.09. The molecule has 0 aromatic rings. The van der Waals surface area contributed by atoms with Gasteiger partial charge in [0.05, 0.1) is 6.10 Å². The van der Waals surface area contributed by atoms with E-state index in [0.29, 0.717) is 0 Å². The van der Waals surface area contributed by atoms with Gasteiger partial charge < -0.3 is 10.4 Å². The second-order valence-corrected chi connectivity index (χ2v) is 6.00. The first-order valence-electron chi connectivity index (χ1n) is 5.74. The van der Waals surface area contributed by atoms with Crippen molar-refractivity contribution >= 4 is 5.91 Å². The van der Waals surface area contributed by atoms with Gasteiger partial charge in [0.1, 0.15) is 0 Å². The molecule has 0 atom stereocenters. The van der Waals surface area contributed by atoms with Gasteiger partial charge in [0.2, 0.25) is 5.91 Å². The molecule has 0 aromatic carbocycles. The number of carbonyl (C=O) groups is 1. The van der Waals surface area contributed by atoms with Crippen LogP contribution in [0.2, 0.25) is 0 Å². The van der Waals surface area contributed by atoms with Gasteiger partial charge in [-0.2, -0.15) is 0 Å². The fraction of sp³-hybridized carbons (Fsp3) is 0.917. The maximum absolute atomic E-state index is 11.8. The molecule has 1 saturated carbocycles. The number of rotatable bonds is 1. The van der Waals surface area contributed by atoms with Crippen LogP contribution in [0.1, 0.15) is 53.4 Å². The van der Waals surface area contributed by atoms with Crippen LogP contribution in [0.25, 0.3) is 0 Å². The van der Waals surface area contributed by atoms with Crippen LogP contribution < -0.4 is 5.32 Å². The molecule has 3 heteroatoms. The van der Waals surface area contributed by atoms with Gasteiger partial charge in [-0.25, -0.2) is 0 Å². The molecule has 0 radical (unpaired) electrons. The molecule has 1 fully saturated rings. The normalized spacial score (nSPS) is 32.5. The molecule has 1 aliphatic carbocycles. The summed E-state index contributed by atoms with van der Waals surface area (Å²) in [6, 6.07) is 0. The summed E-state index contributed by atoms with van der Waals surface area (Å²) in [6.07, 6.45) is 3.15. The highest BCUT2D eigenvalue weighted by Gasteiger charge is 2.34. The Labute approximate surface area is 92.3 Å². The third-order valence-electron chi connectivity index (χ3n) is 3.16. The van der Waals surface area contributed by atoms with E-state index in [2.05, 4.69) is 12.2 Å². The Morgan fingerprint density at radius 3 is 2.20 bits per heavy atom. The number of nitrogens with one attached hydrogen (secondary N) is 1. The zero-order chi connectivity index (χ0) is 11.7. The van der Waals surface area contributed by atoms with Crippen molar-refractivity contribution in [1.29, 1.82) is 0 Å². The summed E-state index contributed by atoms with van der Waals surface area (Å²) in [4.78, 5) is 11.8. The molecular formula is C12H23NO2. The second-order valence-electron chi connectivity index (χ2n) is 6.00. The maximum Gasteiger partial charge on any atom is 0.225 e. The number of hydrogen-bond acceptors (Lipinski definition) is 2. The van der Waals surface area contributed by atoms with E-state index in [4.69, 9.17) is 0 Å². The molecule has 1 amide bonds. The lowest BCUT2D eigenvalue weighted by atomic mass is 9.81. The smallest absolute Gasteiger partial charge is 0.225 e. The van der Waals surface area contributed by atoms with E-state index in [1.807, 2.05) is 20.8 Å². The second kappa shape index (κ2) is 4.12. The van der Waals surface area contributed by atoms with Crippen molar-refractivity contribution in [2.75, 3.05) is 0 Å². The summed E-state index contributed by atoms with van der Waals surface area (Å²) in [5.74, 6) is 0.0985. The molecule has 0 aliphatic heterocycles. The average molecular weight is 213 g/mol. The van der Waals surface area contributed by atoms with E-state index in [0.717, 1.165) is 25.7 Å². The predicted octanol–water partition coefficient (Wildman–Crippen LogP) is 1.84. The summed E-state index contributed by atoms with van der Waals surface area (Å²) in [7, 11) is 0. The van der Waals surface area contributed by atoms with Gasteiger partial charge in [-0.3, -0.25) is 4.79 Å². The summed E-state index contributed by atoms with van der Waals surface area (Å²) >= 11 is 0. The molecule has 15 heavy (non-hydrogen) atoms. The fourth-order valence-corrected chi connectivity index (χ4v) is 1.83. The van der Waals surface area contributed by atoms with E-state index in [9.17, 15) is 9.90 Å². The summed E-state index contributed by atoms with van der Waals surface area (Å²) in [5.41, 5.74) is -0.456. The van der Waals surface area contributed by atoms with E-state index in [-0.39, 0.29) is 23.0 Å². The summed E-state index contributed by atoms with van der Waals surface area (Å²) in [5, 5.41) is 12.5. The Bertz CT molecular complexity index is 234. The first-order valence-corrected chi connectivity index (χ1v) is 5.74. The molecule has 0 bridgehead atoms. The molecule has 0 aromatic heterocycles. The van der Waals surface area contributed by atoms with Crippen LogP contribution in [0.4, 0.5) is 0 Å². The van der Waals surface area contributed by atoms with Crippen molar-refractivity contribution in [2.45, 2.75) is 65.0 Å². The van der Waals surface area contributed by atoms with Gasteiger partial charge >= 0.3 is 0 Å². The van der Waals surface area contributed by atoms with Gasteiger partial charge in [0.15, 0.2) is 0 Å². The van der Waals surface area contributed by atoms with Gasteiger partial charge in [-0.15, -0.1) is 0 Å². The van der Waals surface area contributed by atoms with E-state index < -0.39 is 0 Å². The van der Waals surface area contributed by atoms with Crippen LogP contribution in [0.15, 0.2) is 0 Å². The minimum absolute atomic E-state index is 0.0985. The Kier molecular flexibility index (Phi) is 3.44. The minimum atomic E-state index is -0.334. The Hall–Kier alpha value is -0.570. The van der Waals surface area contributed by atoms with Gasteiger partial charge in [-0.1, -0.05) is 20.8 Å². The van der Waals surface area contributed by atoms with Crippen molar-refractivity contribution < 1.29 is 9.90 Å². The van der Waals surface area contributed by atoms with Crippen LogP contribution in [-0.4, -0.2) is 22.7 Å². The van der Waals surface area contributed by atoms with Crippen molar-refractivity contribution in [3.63, 3.8) is 0 Å².